The molecule has 0 amide bonds. The Kier molecular flexibility index (Phi) is 2.85. The number of benzene rings is 1. The van der Waals surface area contributed by atoms with Gasteiger partial charge in [-0.05, 0) is 23.1 Å². The predicted molar refractivity (Wildman–Crippen MR) is 71.2 cm³/mol. The molecule has 2 rings (SSSR count). The van der Waals surface area contributed by atoms with E-state index >= 15 is 0 Å². The Morgan fingerprint density at radius 1 is 1.28 bits per heavy atom. The van der Waals surface area contributed by atoms with Crippen LogP contribution in [0.1, 0.15) is 26.3 Å². The van der Waals surface area contributed by atoms with E-state index in [1.54, 1.807) is 6.07 Å². The van der Waals surface area contributed by atoms with Crippen molar-refractivity contribution in [3.63, 3.8) is 0 Å². The van der Waals surface area contributed by atoms with Crippen molar-refractivity contribution in [3.8, 4) is 0 Å². The van der Waals surface area contributed by atoms with E-state index in [0.29, 0.717) is 11.1 Å². The van der Waals surface area contributed by atoms with Gasteiger partial charge in [0.1, 0.15) is 5.52 Å². The van der Waals surface area contributed by atoms with Crippen LogP contribution in [0.15, 0.2) is 22.6 Å². The monoisotopic (exact) mass is 268 g/mol. The van der Waals surface area contributed by atoms with Crippen molar-refractivity contribution in [1.82, 2.24) is 4.98 Å². The minimum atomic E-state index is -3.37. The van der Waals surface area contributed by atoms with Gasteiger partial charge in [0.2, 0.25) is 10.0 Å². The third kappa shape index (κ3) is 2.81. The van der Waals surface area contributed by atoms with Crippen LogP contribution in [0, 0.1) is 0 Å². The molecule has 1 aromatic heterocycles. The summed E-state index contributed by atoms with van der Waals surface area (Å²) in [5, 5.41) is 0. The largest absolute Gasteiger partial charge is 0.423 e. The Labute approximate surface area is 106 Å². The summed E-state index contributed by atoms with van der Waals surface area (Å²) in [6.45, 7) is 6.30. The predicted octanol–water partition coefficient (Wildman–Crippen LogP) is 2.50. The van der Waals surface area contributed by atoms with Crippen LogP contribution in [0.4, 0.5) is 6.01 Å². The van der Waals surface area contributed by atoms with E-state index in [9.17, 15) is 8.42 Å². The molecule has 2 aromatic rings. The second-order valence-electron chi connectivity index (χ2n) is 5.33. The summed E-state index contributed by atoms with van der Waals surface area (Å²) >= 11 is 0. The number of aromatic nitrogens is 1. The maximum absolute atomic E-state index is 11.1. The first kappa shape index (κ1) is 12.9. The highest BCUT2D eigenvalue weighted by molar-refractivity contribution is 7.91. The van der Waals surface area contributed by atoms with Crippen molar-refractivity contribution in [2.24, 2.45) is 0 Å². The molecule has 0 aliphatic heterocycles. The van der Waals surface area contributed by atoms with Crippen LogP contribution in [0.3, 0.4) is 0 Å². The van der Waals surface area contributed by atoms with Crippen molar-refractivity contribution in [2.75, 3.05) is 11.0 Å². The van der Waals surface area contributed by atoms with Gasteiger partial charge in [-0.3, -0.25) is 0 Å². The lowest BCUT2D eigenvalue weighted by atomic mass is 9.87. The summed E-state index contributed by atoms with van der Waals surface area (Å²) < 4.78 is 29.7. The zero-order chi connectivity index (χ0) is 13.6. The van der Waals surface area contributed by atoms with Gasteiger partial charge in [-0.25, -0.2) is 13.1 Å². The summed E-state index contributed by atoms with van der Waals surface area (Å²) in [5.74, 6) is 0. The number of anilines is 1. The molecule has 18 heavy (non-hydrogen) atoms. The topological polar surface area (TPSA) is 72.2 Å². The molecule has 5 nitrogen and oxygen atoms in total. The van der Waals surface area contributed by atoms with Crippen LogP contribution in [0.5, 0.6) is 0 Å². The zero-order valence-corrected chi connectivity index (χ0v) is 11.6. The smallest absolute Gasteiger partial charge is 0.309 e. The van der Waals surface area contributed by atoms with Gasteiger partial charge in [-0.1, -0.05) is 26.8 Å². The third-order valence-electron chi connectivity index (χ3n) is 2.53. The minimum absolute atomic E-state index is 0.00133. The van der Waals surface area contributed by atoms with Gasteiger partial charge in [0, 0.05) is 0 Å². The Hall–Kier alpha value is -1.56. The van der Waals surface area contributed by atoms with E-state index < -0.39 is 10.0 Å². The number of oxazole rings is 1. The van der Waals surface area contributed by atoms with E-state index in [1.807, 2.05) is 12.1 Å². The Morgan fingerprint density at radius 2 is 1.94 bits per heavy atom. The van der Waals surface area contributed by atoms with Gasteiger partial charge < -0.3 is 4.42 Å². The molecule has 0 aliphatic rings. The Bertz CT molecular complexity index is 681. The SMILES string of the molecule is CC(C)(C)c1ccc2oc(NS(C)(=O)=O)nc2c1. The molecule has 0 radical (unpaired) electrons. The molecule has 98 valence electrons. The molecule has 0 saturated carbocycles. The van der Waals surface area contributed by atoms with Crippen molar-refractivity contribution in [2.45, 2.75) is 26.2 Å². The van der Waals surface area contributed by atoms with Crippen LogP contribution >= 0.6 is 0 Å². The van der Waals surface area contributed by atoms with Gasteiger partial charge in [0.15, 0.2) is 5.58 Å². The first-order valence-electron chi connectivity index (χ1n) is 5.54. The fourth-order valence-corrected chi connectivity index (χ4v) is 2.00. The van der Waals surface area contributed by atoms with Gasteiger partial charge in [-0.15, -0.1) is 0 Å². The molecule has 1 aromatic carbocycles. The molecule has 0 spiro atoms. The average Bonchev–Trinajstić information content (AvgIpc) is 2.53. The fourth-order valence-electron chi connectivity index (χ4n) is 1.60. The number of fused-ring (bicyclic) bond motifs is 1. The molecule has 1 N–H and O–H groups in total. The highest BCUT2D eigenvalue weighted by Gasteiger charge is 2.16. The molecule has 0 aliphatic carbocycles. The van der Waals surface area contributed by atoms with E-state index in [2.05, 4.69) is 30.5 Å². The highest BCUT2D eigenvalue weighted by Crippen LogP contribution is 2.27. The lowest BCUT2D eigenvalue weighted by Crippen LogP contribution is -2.10. The number of sulfonamides is 1. The third-order valence-corrected chi connectivity index (χ3v) is 3.07. The minimum Gasteiger partial charge on any atom is -0.423 e. The molecular weight excluding hydrogens is 252 g/mol. The maximum Gasteiger partial charge on any atom is 0.309 e. The summed E-state index contributed by atoms with van der Waals surface area (Å²) in [6.07, 6.45) is 1.06. The molecule has 1 heterocycles. The average molecular weight is 268 g/mol. The molecule has 6 heteroatoms. The lowest BCUT2D eigenvalue weighted by Gasteiger charge is -2.18. The fraction of sp³-hybridized carbons (Fsp3) is 0.417. The van der Waals surface area contributed by atoms with Crippen LogP contribution in [-0.2, 0) is 15.4 Å². The summed E-state index contributed by atoms with van der Waals surface area (Å²) in [4.78, 5) is 4.12. The summed E-state index contributed by atoms with van der Waals surface area (Å²) in [5.41, 5.74) is 2.34. The van der Waals surface area contributed by atoms with Crippen LogP contribution < -0.4 is 4.72 Å². The highest BCUT2D eigenvalue weighted by atomic mass is 32.2. The molecule has 0 fully saturated rings. The maximum atomic E-state index is 11.1. The second kappa shape index (κ2) is 3.98. The first-order valence-corrected chi connectivity index (χ1v) is 7.43. The van der Waals surface area contributed by atoms with E-state index in [4.69, 9.17) is 4.42 Å². The second-order valence-corrected chi connectivity index (χ2v) is 7.07. The van der Waals surface area contributed by atoms with E-state index in [-0.39, 0.29) is 11.4 Å². The normalized spacial score (nSPS) is 12.9. The number of hydrogen-bond acceptors (Lipinski definition) is 4. The molecular formula is C12H16N2O3S. The number of nitrogens with one attached hydrogen (secondary N) is 1. The van der Waals surface area contributed by atoms with Gasteiger partial charge in [0.05, 0.1) is 6.26 Å². The number of nitrogens with zero attached hydrogens (tertiary/aromatic N) is 1. The zero-order valence-electron chi connectivity index (χ0n) is 10.8. The number of hydrogen-bond donors (Lipinski definition) is 1. The molecule has 0 unspecified atom stereocenters. The van der Waals surface area contributed by atoms with Crippen molar-refractivity contribution < 1.29 is 12.8 Å². The van der Waals surface area contributed by atoms with E-state index in [0.717, 1.165) is 11.8 Å². The molecule has 0 atom stereocenters. The standard InChI is InChI=1S/C12H16N2O3S/c1-12(2,3)8-5-6-10-9(7-8)13-11(17-10)14-18(4,15)16/h5-7H,1-4H3,(H,13,14). The van der Waals surface area contributed by atoms with Crippen LogP contribution in [0.25, 0.3) is 11.1 Å². The Morgan fingerprint density at radius 3 is 2.50 bits per heavy atom. The Balaban J connectivity index is 2.46. The summed E-state index contributed by atoms with van der Waals surface area (Å²) in [6, 6.07) is 5.67. The van der Waals surface area contributed by atoms with Crippen molar-refractivity contribution >= 4 is 27.1 Å². The van der Waals surface area contributed by atoms with Crippen molar-refractivity contribution in [1.29, 1.82) is 0 Å². The van der Waals surface area contributed by atoms with Gasteiger partial charge in [-0.2, -0.15) is 4.98 Å². The quantitative estimate of drug-likeness (QED) is 0.908. The first-order chi connectivity index (χ1) is 8.15. The summed E-state index contributed by atoms with van der Waals surface area (Å²) in [7, 11) is -3.37. The molecule has 0 saturated heterocycles. The van der Waals surface area contributed by atoms with Crippen LogP contribution in [0.2, 0.25) is 0 Å². The van der Waals surface area contributed by atoms with E-state index in [1.165, 1.54) is 0 Å². The van der Waals surface area contributed by atoms with Gasteiger partial charge >= 0.3 is 6.01 Å². The van der Waals surface area contributed by atoms with Crippen LogP contribution in [-0.4, -0.2) is 19.7 Å². The van der Waals surface area contributed by atoms with Crippen molar-refractivity contribution in [3.05, 3.63) is 23.8 Å². The number of rotatable bonds is 2. The van der Waals surface area contributed by atoms with Gasteiger partial charge in [0.25, 0.3) is 0 Å². The lowest BCUT2D eigenvalue weighted by molar-refractivity contribution is 0.589. The molecule has 0 bridgehead atoms.